The molecule has 2 aliphatic heterocycles. The van der Waals surface area contributed by atoms with Gasteiger partial charge < -0.3 is 19.9 Å². The number of H-pyrrole nitrogens is 1. The number of aliphatic hydroxyl groups excluding tert-OH is 1. The van der Waals surface area contributed by atoms with Crippen LogP contribution in [0.15, 0.2) is 53.4 Å². The van der Waals surface area contributed by atoms with Gasteiger partial charge in [0.2, 0.25) is 21.8 Å². The molecule has 5 rings (SSSR count). The van der Waals surface area contributed by atoms with E-state index in [1.165, 1.54) is 26.2 Å². The van der Waals surface area contributed by atoms with Crippen molar-refractivity contribution in [1.29, 1.82) is 0 Å². The predicted octanol–water partition coefficient (Wildman–Crippen LogP) is 1.70. The predicted molar refractivity (Wildman–Crippen MR) is 135 cm³/mol. The number of para-hydroxylation sites is 1. The average molecular weight is 531 g/mol. The van der Waals surface area contributed by atoms with Crippen molar-refractivity contribution in [3.05, 3.63) is 65.4 Å². The van der Waals surface area contributed by atoms with Crippen LogP contribution in [0.5, 0.6) is 0 Å². The van der Waals surface area contributed by atoms with E-state index in [1.54, 1.807) is 26.2 Å². The smallest absolute Gasteiger partial charge is 0.245 e. The molecule has 0 bridgehead atoms. The lowest BCUT2D eigenvalue weighted by Gasteiger charge is -2.42. The molecule has 1 fully saturated rings. The van der Waals surface area contributed by atoms with Gasteiger partial charge in [0.15, 0.2) is 0 Å². The number of rotatable bonds is 5. The Hall–Kier alpha value is -2.92. The van der Waals surface area contributed by atoms with Gasteiger partial charge in [-0.2, -0.15) is 4.31 Å². The molecule has 11 heteroatoms. The number of aromatic nitrogens is 1. The summed E-state index contributed by atoms with van der Waals surface area (Å²) >= 11 is 6.02. The van der Waals surface area contributed by atoms with Gasteiger partial charge >= 0.3 is 0 Å². The molecule has 2 aliphatic rings. The minimum Gasteiger partial charge on any atom is -0.390 e. The van der Waals surface area contributed by atoms with Crippen LogP contribution in [-0.2, 0) is 26.0 Å². The highest BCUT2D eigenvalue weighted by atomic mass is 35.5. The highest BCUT2D eigenvalue weighted by Gasteiger charge is 2.44. The Balaban J connectivity index is 1.64. The Bertz CT molecular complexity index is 1430. The first kappa shape index (κ1) is 24.8. The Morgan fingerprint density at radius 3 is 2.39 bits per heavy atom. The van der Waals surface area contributed by atoms with Crippen molar-refractivity contribution < 1.29 is 23.1 Å². The zero-order chi connectivity index (χ0) is 25.8. The Morgan fingerprint density at radius 2 is 1.78 bits per heavy atom. The molecule has 2 amide bonds. The lowest BCUT2D eigenvalue weighted by atomic mass is 9.87. The standard InChI is InChI=1S/C25H27ClN4O5S/c1-28(2)25(33)21-11-19-18-5-3-4-6-20(18)27-23(19)24(30(21)22(32)12-26)15-7-9-17(10-8-15)36(34,35)29-13-16(31)14-29/h3-10,16,21,24,27,31H,11-14H2,1-2H3/t21-,24+/m1/s1. The van der Waals surface area contributed by atoms with E-state index in [1.807, 2.05) is 24.3 Å². The lowest BCUT2D eigenvalue weighted by molar-refractivity contribution is -0.145. The van der Waals surface area contributed by atoms with Gasteiger partial charge in [-0.1, -0.05) is 30.3 Å². The molecule has 2 aromatic carbocycles. The number of amides is 2. The normalized spacial score (nSPS) is 20.7. The molecule has 1 saturated heterocycles. The van der Waals surface area contributed by atoms with Crippen molar-refractivity contribution in [2.45, 2.75) is 29.5 Å². The van der Waals surface area contributed by atoms with Crippen LogP contribution < -0.4 is 0 Å². The molecular weight excluding hydrogens is 504 g/mol. The second-order valence-corrected chi connectivity index (χ2v) is 11.6. The number of carbonyl (C=O) groups excluding carboxylic acids is 2. The van der Waals surface area contributed by atoms with Gasteiger partial charge in [0.25, 0.3) is 0 Å². The summed E-state index contributed by atoms with van der Waals surface area (Å²) in [7, 11) is -0.429. The van der Waals surface area contributed by atoms with E-state index in [0.717, 1.165) is 22.2 Å². The Labute approximate surface area is 214 Å². The highest BCUT2D eigenvalue weighted by molar-refractivity contribution is 7.89. The molecule has 2 atom stereocenters. The number of hydrogen-bond donors (Lipinski definition) is 2. The Morgan fingerprint density at radius 1 is 1.11 bits per heavy atom. The van der Waals surface area contributed by atoms with Gasteiger partial charge in [-0.25, -0.2) is 8.42 Å². The number of β-amino-alcohol motifs (C(OH)–C–C–N with tert-alkyl or cyclic N) is 1. The monoisotopic (exact) mass is 530 g/mol. The van der Waals surface area contributed by atoms with E-state index >= 15 is 0 Å². The minimum atomic E-state index is -3.73. The van der Waals surface area contributed by atoms with Crippen LogP contribution in [0.1, 0.15) is 22.9 Å². The number of fused-ring (bicyclic) bond motifs is 3. The van der Waals surface area contributed by atoms with Gasteiger partial charge in [-0.15, -0.1) is 11.6 Å². The number of aromatic amines is 1. The minimum absolute atomic E-state index is 0.0669. The SMILES string of the molecule is CN(C)C(=O)[C@H]1Cc2c([nH]c3ccccc23)[C@H](c2ccc(S(=O)(=O)N3CC(O)C3)cc2)N1C(=O)CCl. The van der Waals surface area contributed by atoms with E-state index in [-0.39, 0.29) is 29.8 Å². The lowest BCUT2D eigenvalue weighted by Crippen LogP contribution is -2.54. The topological polar surface area (TPSA) is 114 Å². The summed E-state index contributed by atoms with van der Waals surface area (Å²) in [6, 6.07) is 12.7. The first-order chi connectivity index (χ1) is 17.1. The number of likely N-dealkylation sites (N-methyl/N-ethyl adjacent to an activating group) is 1. The highest BCUT2D eigenvalue weighted by Crippen LogP contribution is 2.41. The zero-order valence-electron chi connectivity index (χ0n) is 19.9. The Kier molecular flexibility index (Phi) is 6.32. The second-order valence-electron chi connectivity index (χ2n) is 9.40. The first-order valence-electron chi connectivity index (χ1n) is 11.6. The van der Waals surface area contributed by atoms with Crippen LogP contribution in [0.3, 0.4) is 0 Å². The van der Waals surface area contributed by atoms with Gasteiger partial charge in [-0.3, -0.25) is 9.59 Å². The maximum absolute atomic E-state index is 13.3. The molecule has 0 saturated carbocycles. The summed E-state index contributed by atoms with van der Waals surface area (Å²) < 4.78 is 27.0. The number of sulfonamides is 1. The van der Waals surface area contributed by atoms with Crippen molar-refractivity contribution in [2.24, 2.45) is 0 Å². The number of aliphatic hydroxyl groups is 1. The zero-order valence-corrected chi connectivity index (χ0v) is 21.5. The number of halogens is 1. The number of alkyl halides is 1. The molecule has 9 nitrogen and oxygen atoms in total. The van der Waals surface area contributed by atoms with E-state index in [4.69, 9.17) is 11.6 Å². The summed E-state index contributed by atoms with van der Waals surface area (Å²) in [6.07, 6.45) is -0.317. The molecule has 0 unspecified atom stereocenters. The van der Waals surface area contributed by atoms with Crippen molar-refractivity contribution >= 4 is 44.3 Å². The molecule has 0 aliphatic carbocycles. The van der Waals surface area contributed by atoms with Gasteiger partial charge in [0, 0.05) is 50.2 Å². The van der Waals surface area contributed by atoms with Crippen LogP contribution in [0.2, 0.25) is 0 Å². The third-order valence-corrected chi connectivity index (χ3v) is 9.00. The quantitative estimate of drug-likeness (QED) is 0.487. The van der Waals surface area contributed by atoms with Crippen LogP contribution in [0, 0.1) is 0 Å². The number of hydrogen-bond acceptors (Lipinski definition) is 5. The maximum atomic E-state index is 13.3. The van der Waals surface area contributed by atoms with Crippen molar-refractivity contribution in [3.63, 3.8) is 0 Å². The van der Waals surface area contributed by atoms with Crippen molar-refractivity contribution in [3.8, 4) is 0 Å². The third-order valence-electron chi connectivity index (χ3n) is 6.92. The number of nitrogens with zero attached hydrogens (tertiary/aromatic N) is 3. The summed E-state index contributed by atoms with van der Waals surface area (Å²) in [6.45, 7) is 0.134. The summed E-state index contributed by atoms with van der Waals surface area (Å²) in [5.74, 6) is -0.908. The van der Waals surface area contributed by atoms with Crippen molar-refractivity contribution in [2.75, 3.05) is 33.1 Å². The van der Waals surface area contributed by atoms with Crippen molar-refractivity contribution in [1.82, 2.24) is 19.1 Å². The molecule has 36 heavy (non-hydrogen) atoms. The maximum Gasteiger partial charge on any atom is 0.245 e. The molecular formula is C25H27ClN4O5S. The first-order valence-corrected chi connectivity index (χ1v) is 13.6. The van der Waals surface area contributed by atoms with Gasteiger partial charge in [0.05, 0.1) is 17.0 Å². The fraction of sp³-hybridized carbons (Fsp3) is 0.360. The van der Waals surface area contributed by atoms with Gasteiger partial charge in [-0.05, 0) is 29.3 Å². The summed E-state index contributed by atoms with van der Waals surface area (Å²) in [5, 5.41) is 10.5. The second kappa shape index (κ2) is 9.19. The van der Waals surface area contributed by atoms with Crippen LogP contribution in [-0.4, -0.2) is 89.6 Å². The summed E-state index contributed by atoms with van der Waals surface area (Å²) in [5.41, 5.74) is 3.26. The van der Waals surface area contributed by atoms with E-state index in [2.05, 4.69) is 4.98 Å². The third kappa shape index (κ3) is 3.98. The number of nitrogens with one attached hydrogen (secondary N) is 1. The number of carbonyl (C=O) groups is 2. The van der Waals surface area contributed by atoms with E-state index < -0.39 is 34.1 Å². The number of benzene rings is 2. The summed E-state index contributed by atoms with van der Waals surface area (Å²) in [4.78, 5) is 33.0. The largest absolute Gasteiger partial charge is 0.390 e. The van der Waals surface area contributed by atoms with Crippen LogP contribution in [0.25, 0.3) is 10.9 Å². The van der Waals surface area contributed by atoms with E-state index in [9.17, 15) is 23.1 Å². The van der Waals surface area contributed by atoms with E-state index in [0.29, 0.717) is 12.0 Å². The van der Waals surface area contributed by atoms with Crippen LogP contribution >= 0.6 is 11.6 Å². The van der Waals surface area contributed by atoms with Crippen LogP contribution in [0.4, 0.5) is 0 Å². The fourth-order valence-electron chi connectivity index (χ4n) is 5.09. The van der Waals surface area contributed by atoms with Gasteiger partial charge in [0.1, 0.15) is 11.9 Å². The molecule has 2 N–H and O–H groups in total. The molecule has 0 radical (unpaired) electrons. The molecule has 3 heterocycles. The molecule has 3 aromatic rings. The average Bonchev–Trinajstić information content (AvgIpc) is 3.23. The molecule has 190 valence electrons. The fourth-order valence-corrected chi connectivity index (χ4v) is 6.74. The molecule has 1 aromatic heterocycles. The molecule has 0 spiro atoms.